The van der Waals surface area contributed by atoms with Crippen molar-refractivity contribution in [2.75, 3.05) is 5.32 Å². The summed E-state index contributed by atoms with van der Waals surface area (Å²) >= 11 is 0. The molecule has 0 fully saturated rings. The predicted octanol–water partition coefficient (Wildman–Crippen LogP) is 3.69. The summed E-state index contributed by atoms with van der Waals surface area (Å²) in [5.41, 5.74) is 2.82. The summed E-state index contributed by atoms with van der Waals surface area (Å²) in [5, 5.41) is 5.66. The molecule has 0 saturated carbocycles. The third-order valence-electron chi connectivity index (χ3n) is 4.05. The van der Waals surface area contributed by atoms with Crippen molar-refractivity contribution in [3.05, 3.63) is 65.0 Å². The number of nitrogens with one attached hydrogen (secondary N) is 2. The quantitative estimate of drug-likeness (QED) is 0.865. The van der Waals surface area contributed by atoms with E-state index in [-0.39, 0.29) is 29.6 Å². The van der Waals surface area contributed by atoms with Crippen LogP contribution in [0, 0.1) is 5.82 Å². The van der Waals surface area contributed by atoms with Gasteiger partial charge >= 0.3 is 0 Å². The number of amides is 2. The summed E-state index contributed by atoms with van der Waals surface area (Å²) in [6.45, 7) is 6.17. The molecule has 6 heteroatoms. The molecule has 2 aromatic rings. The number of fused-ring (bicyclic) bond motifs is 1. The maximum atomic E-state index is 13.5. The van der Waals surface area contributed by atoms with Crippen LogP contribution in [-0.4, -0.2) is 23.1 Å². The van der Waals surface area contributed by atoms with Crippen LogP contribution in [0.25, 0.3) is 0 Å². The van der Waals surface area contributed by atoms with Gasteiger partial charge in [0.05, 0.1) is 18.7 Å². The van der Waals surface area contributed by atoms with Crippen LogP contribution in [0.1, 0.15) is 48.7 Å². The Labute approximate surface area is 157 Å². The highest BCUT2D eigenvalue weighted by molar-refractivity contribution is 6.15. The molecule has 27 heavy (non-hydrogen) atoms. The lowest BCUT2D eigenvalue weighted by Gasteiger charge is -2.20. The number of aliphatic imine (C=N–C) groups is 1. The van der Waals surface area contributed by atoms with Crippen molar-refractivity contribution in [2.24, 2.45) is 4.99 Å². The minimum atomic E-state index is -0.348. The van der Waals surface area contributed by atoms with Crippen LogP contribution in [0.3, 0.4) is 0 Å². The molecule has 0 radical (unpaired) electrons. The Morgan fingerprint density at radius 3 is 2.67 bits per heavy atom. The molecule has 0 unspecified atom stereocenters. The molecule has 2 N–H and O–H groups in total. The molecule has 1 aliphatic rings. The molecule has 3 rings (SSSR count). The van der Waals surface area contributed by atoms with Crippen molar-refractivity contribution in [1.29, 1.82) is 0 Å². The second-order valence-electron chi connectivity index (χ2n) is 7.57. The first-order valence-electron chi connectivity index (χ1n) is 8.76. The summed E-state index contributed by atoms with van der Waals surface area (Å²) in [4.78, 5) is 29.0. The summed E-state index contributed by atoms with van der Waals surface area (Å²) in [5.74, 6) is -0.816. The Kier molecular flexibility index (Phi) is 5.08. The number of benzene rings is 2. The average Bonchev–Trinajstić information content (AvgIpc) is 2.95. The number of carbonyl (C=O) groups excluding carboxylic acids is 2. The number of carbonyl (C=O) groups is 2. The van der Waals surface area contributed by atoms with E-state index in [1.165, 1.54) is 12.1 Å². The topological polar surface area (TPSA) is 70.6 Å². The highest BCUT2D eigenvalue weighted by atomic mass is 19.1. The van der Waals surface area contributed by atoms with Gasteiger partial charge in [-0.25, -0.2) is 4.39 Å². The molecule has 0 aliphatic carbocycles. The van der Waals surface area contributed by atoms with Gasteiger partial charge in [0, 0.05) is 22.4 Å². The number of nitrogens with zero attached hydrogens (tertiary/aromatic N) is 1. The van der Waals surface area contributed by atoms with E-state index >= 15 is 0 Å². The van der Waals surface area contributed by atoms with Gasteiger partial charge in [0.15, 0.2) is 0 Å². The van der Waals surface area contributed by atoms with Crippen molar-refractivity contribution in [3.63, 3.8) is 0 Å². The summed E-state index contributed by atoms with van der Waals surface area (Å²) < 4.78 is 13.5. The second kappa shape index (κ2) is 7.31. The van der Waals surface area contributed by atoms with Gasteiger partial charge in [-0.3, -0.25) is 14.6 Å². The number of halogens is 1. The van der Waals surface area contributed by atoms with Crippen LogP contribution in [0.2, 0.25) is 0 Å². The van der Waals surface area contributed by atoms with Gasteiger partial charge in [-0.1, -0.05) is 12.1 Å². The lowest BCUT2D eigenvalue weighted by molar-refractivity contribution is -0.115. The lowest BCUT2D eigenvalue weighted by atomic mass is 10.0. The molecule has 0 atom stereocenters. The molecule has 0 bridgehead atoms. The SMILES string of the molecule is CC(C)(C)NC(=O)c1cccc(NC(=O)CC2=NCc3ccc(F)cc32)c1. The van der Waals surface area contributed by atoms with E-state index < -0.39 is 0 Å². The Hall–Kier alpha value is -3.02. The fourth-order valence-corrected chi connectivity index (χ4v) is 2.88. The minimum Gasteiger partial charge on any atom is -0.347 e. The maximum absolute atomic E-state index is 13.5. The fraction of sp³-hybridized carbons (Fsp3) is 0.286. The molecule has 2 aromatic carbocycles. The number of rotatable bonds is 4. The normalized spacial score (nSPS) is 13.0. The zero-order chi connectivity index (χ0) is 19.6. The van der Waals surface area contributed by atoms with Crippen LogP contribution in [0.5, 0.6) is 0 Å². The molecule has 5 nitrogen and oxygen atoms in total. The lowest BCUT2D eigenvalue weighted by Crippen LogP contribution is -2.40. The van der Waals surface area contributed by atoms with Crippen molar-refractivity contribution in [1.82, 2.24) is 5.32 Å². The van der Waals surface area contributed by atoms with Gasteiger partial charge in [-0.05, 0) is 56.7 Å². The van der Waals surface area contributed by atoms with E-state index in [0.29, 0.717) is 29.1 Å². The molecule has 0 saturated heterocycles. The molecule has 2 amide bonds. The van der Waals surface area contributed by atoms with E-state index in [1.807, 2.05) is 20.8 Å². The molecule has 0 spiro atoms. The van der Waals surface area contributed by atoms with Gasteiger partial charge in [0.25, 0.3) is 5.91 Å². The van der Waals surface area contributed by atoms with Crippen LogP contribution in [0.15, 0.2) is 47.5 Å². The van der Waals surface area contributed by atoms with Crippen LogP contribution in [-0.2, 0) is 11.3 Å². The third-order valence-corrected chi connectivity index (χ3v) is 4.05. The average molecular weight is 367 g/mol. The van der Waals surface area contributed by atoms with E-state index in [4.69, 9.17) is 0 Å². The van der Waals surface area contributed by atoms with Crippen molar-refractivity contribution >= 4 is 23.2 Å². The highest BCUT2D eigenvalue weighted by Crippen LogP contribution is 2.22. The van der Waals surface area contributed by atoms with Crippen LogP contribution in [0.4, 0.5) is 10.1 Å². The van der Waals surface area contributed by atoms with Gasteiger partial charge in [-0.2, -0.15) is 0 Å². The van der Waals surface area contributed by atoms with Gasteiger partial charge in [-0.15, -0.1) is 0 Å². The summed E-state index contributed by atoms with van der Waals surface area (Å²) in [7, 11) is 0. The number of hydrogen-bond donors (Lipinski definition) is 2. The Morgan fingerprint density at radius 2 is 1.93 bits per heavy atom. The Morgan fingerprint density at radius 1 is 1.15 bits per heavy atom. The van der Waals surface area contributed by atoms with Crippen molar-refractivity contribution < 1.29 is 14.0 Å². The minimum absolute atomic E-state index is 0.0505. The van der Waals surface area contributed by atoms with E-state index in [0.717, 1.165) is 5.56 Å². The van der Waals surface area contributed by atoms with E-state index in [1.54, 1.807) is 30.3 Å². The van der Waals surface area contributed by atoms with Gasteiger partial charge < -0.3 is 10.6 Å². The molecule has 1 heterocycles. The first kappa shape index (κ1) is 18.8. The third kappa shape index (κ3) is 4.78. The Bertz CT molecular complexity index is 929. The first-order chi connectivity index (χ1) is 12.7. The molecular formula is C21H22FN3O2. The zero-order valence-electron chi connectivity index (χ0n) is 15.6. The molecule has 1 aliphatic heterocycles. The van der Waals surface area contributed by atoms with E-state index in [2.05, 4.69) is 15.6 Å². The zero-order valence-corrected chi connectivity index (χ0v) is 15.6. The summed E-state index contributed by atoms with van der Waals surface area (Å²) in [6, 6.07) is 11.2. The van der Waals surface area contributed by atoms with Gasteiger partial charge in [0.1, 0.15) is 5.82 Å². The molecule has 0 aromatic heterocycles. The van der Waals surface area contributed by atoms with Gasteiger partial charge in [0.2, 0.25) is 5.91 Å². The highest BCUT2D eigenvalue weighted by Gasteiger charge is 2.20. The number of anilines is 1. The largest absolute Gasteiger partial charge is 0.347 e. The molecule has 140 valence electrons. The van der Waals surface area contributed by atoms with E-state index in [9.17, 15) is 14.0 Å². The van der Waals surface area contributed by atoms with Crippen LogP contribution >= 0.6 is 0 Å². The first-order valence-corrected chi connectivity index (χ1v) is 8.76. The summed E-state index contributed by atoms with van der Waals surface area (Å²) in [6.07, 6.45) is 0.0505. The molecular weight excluding hydrogens is 345 g/mol. The van der Waals surface area contributed by atoms with Crippen molar-refractivity contribution in [3.8, 4) is 0 Å². The van der Waals surface area contributed by atoms with Crippen molar-refractivity contribution in [2.45, 2.75) is 39.3 Å². The monoisotopic (exact) mass is 367 g/mol. The second-order valence-corrected chi connectivity index (χ2v) is 7.57. The standard InChI is InChI=1S/C21H22FN3O2/c1-21(2,3)25-20(27)13-5-4-6-16(9-13)24-19(26)11-18-17-10-15(22)8-7-14(17)12-23-18/h4-10H,11-12H2,1-3H3,(H,24,26)(H,25,27). The maximum Gasteiger partial charge on any atom is 0.251 e. The smallest absolute Gasteiger partial charge is 0.251 e. The number of hydrogen-bond acceptors (Lipinski definition) is 3. The van der Waals surface area contributed by atoms with Crippen LogP contribution < -0.4 is 10.6 Å². The Balaban J connectivity index is 1.67. The fourth-order valence-electron chi connectivity index (χ4n) is 2.88. The predicted molar refractivity (Wildman–Crippen MR) is 104 cm³/mol.